The van der Waals surface area contributed by atoms with Gasteiger partial charge in [0, 0.05) is 6.04 Å². The summed E-state index contributed by atoms with van der Waals surface area (Å²) in [5.74, 6) is 0. The minimum atomic E-state index is 0.427. The molecular formula is C9H22N2. The van der Waals surface area contributed by atoms with Crippen LogP contribution in [0.25, 0.3) is 0 Å². The Labute approximate surface area is 70.5 Å². The lowest BCUT2D eigenvalue weighted by atomic mass is 10.1. The molecule has 0 aliphatic rings. The Kier molecular flexibility index (Phi) is 7.96. The second-order valence-corrected chi connectivity index (χ2v) is 3.02. The van der Waals surface area contributed by atoms with Crippen LogP contribution in [0.2, 0.25) is 0 Å². The summed E-state index contributed by atoms with van der Waals surface area (Å²) in [5, 5.41) is 3.30. The van der Waals surface area contributed by atoms with Crippen LogP contribution in [0.3, 0.4) is 0 Å². The van der Waals surface area contributed by atoms with E-state index in [1.54, 1.807) is 0 Å². The molecule has 0 amide bonds. The SMILES string of the molecule is CCNCCCCC(N)CC. The Balaban J connectivity index is 2.89. The average molecular weight is 158 g/mol. The Morgan fingerprint density at radius 1 is 1.27 bits per heavy atom. The van der Waals surface area contributed by atoms with E-state index in [2.05, 4.69) is 19.2 Å². The first-order chi connectivity index (χ1) is 5.31. The lowest BCUT2D eigenvalue weighted by molar-refractivity contribution is 0.537. The van der Waals surface area contributed by atoms with Gasteiger partial charge in [0.25, 0.3) is 0 Å². The Hall–Kier alpha value is -0.0800. The fourth-order valence-corrected chi connectivity index (χ4v) is 1.04. The summed E-state index contributed by atoms with van der Waals surface area (Å²) in [6.45, 7) is 6.51. The van der Waals surface area contributed by atoms with Crippen molar-refractivity contribution in [2.45, 2.75) is 45.6 Å². The van der Waals surface area contributed by atoms with Crippen molar-refractivity contribution in [3.05, 3.63) is 0 Å². The summed E-state index contributed by atoms with van der Waals surface area (Å²) in [5.41, 5.74) is 5.77. The summed E-state index contributed by atoms with van der Waals surface area (Å²) in [4.78, 5) is 0. The first-order valence-corrected chi connectivity index (χ1v) is 4.77. The van der Waals surface area contributed by atoms with Gasteiger partial charge < -0.3 is 11.1 Å². The summed E-state index contributed by atoms with van der Waals surface area (Å²) < 4.78 is 0. The Morgan fingerprint density at radius 2 is 2.00 bits per heavy atom. The first kappa shape index (κ1) is 10.9. The normalized spacial score (nSPS) is 13.4. The third kappa shape index (κ3) is 7.82. The van der Waals surface area contributed by atoms with Gasteiger partial charge in [0.2, 0.25) is 0 Å². The smallest absolute Gasteiger partial charge is 0.00362 e. The minimum absolute atomic E-state index is 0.427. The number of hydrogen-bond acceptors (Lipinski definition) is 2. The molecule has 0 aromatic heterocycles. The maximum absolute atomic E-state index is 5.77. The highest BCUT2D eigenvalue weighted by molar-refractivity contribution is 4.58. The Bertz CT molecular complexity index is 74.0. The number of unbranched alkanes of at least 4 members (excludes halogenated alkanes) is 1. The highest BCUT2D eigenvalue weighted by atomic mass is 14.8. The summed E-state index contributed by atoms with van der Waals surface area (Å²) in [7, 11) is 0. The van der Waals surface area contributed by atoms with E-state index in [0.29, 0.717) is 6.04 Å². The fraction of sp³-hybridized carbons (Fsp3) is 1.00. The van der Waals surface area contributed by atoms with Crippen LogP contribution in [0.5, 0.6) is 0 Å². The molecule has 2 heteroatoms. The molecule has 0 rings (SSSR count). The molecule has 3 N–H and O–H groups in total. The number of nitrogens with two attached hydrogens (primary N) is 1. The largest absolute Gasteiger partial charge is 0.328 e. The summed E-state index contributed by atoms with van der Waals surface area (Å²) >= 11 is 0. The molecule has 0 aromatic carbocycles. The molecule has 1 unspecified atom stereocenters. The van der Waals surface area contributed by atoms with Gasteiger partial charge in [0.15, 0.2) is 0 Å². The van der Waals surface area contributed by atoms with Crippen LogP contribution in [0, 0.1) is 0 Å². The van der Waals surface area contributed by atoms with Crippen molar-refractivity contribution in [2.75, 3.05) is 13.1 Å². The van der Waals surface area contributed by atoms with Gasteiger partial charge in [-0.05, 0) is 32.4 Å². The molecule has 0 fully saturated rings. The van der Waals surface area contributed by atoms with Crippen molar-refractivity contribution < 1.29 is 0 Å². The van der Waals surface area contributed by atoms with E-state index in [-0.39, 0.29) is 0 Å². The zero-order chi connectivity index (χ0) is 8.53. The van der Waals surface area contributed by atoms with Gasteiger partial charge >= 0.3 is 0 Å². The Morgan fingerprint density at radius 3 is 2.55 bits per heavy atom. The van der Waals surface area contributed by atoms with Crippen LogP contribution < -0.4 is 11.1 Å². The molecule has 0 aromatic rings. The molecule has 0 heterocycles. The third-order valence-corrected chi connectivity index (χ3v) is 1.95. The standard InChI is InChI=1S/C9H22N2/c1-3-9(10)7-5-6-8-11-4-2/h9,11H,3-8,10H2,1-2H3. The van der Waals surface area contributed by atoms with E-state index in [1.165, 1.54) is 19.3 Å². The number of rotatable bonds is 7. The molecule has 0 bridgehead atoms. The molecule has 0 aliphatic carbocycles. The molecule has 2 nitrogen and oxygen atoms in total. The van der Waals surface area contributed by atoms with Crippen molar-refractivity contribution in [3.63, 3.8) is 0 Å². The van der Waals surface area contributed by atoms with Gasteiger partial charge in [-0.15, -0.1) is 0 Å². The lowest BCUT2D eigenvalue weighted by Gasteiger charge is -2.07. The summed E-state index contributed by atoms with van der Waals surface area (Å²) in [6.07, 6.45) is 4.83. The molecule has 68 valence electrons. The van der Waals surface area contributed by atoms with Crippen LogP contribution in [-0.4, -0.2) is 19.1 Å². The van der Waals surface area contributed by atoms with E-state index in [9.17, 15) is 0 Å². The highest BCUT2D eigenvalue weighted by Crippen LogP contribution is 2.00. The summed E-state index contributed by atoms with van der Waals surface area (Å²) in [6, 6.07) is 0.427. The molecule has 0 spiro atoms. The lowest BCUT2D eigenvalue weighted by Crippen LogP contribution is -2.19. The third-order valence-electron chi connectivity index (χ3n) is 1.95. The second kappa shape index (κ2) is 8.02. The maximum atomic E-state index is 5.77. The van der Waals surface area contributed by atoms with Gasteiger partial charge in [0.05, 0.1) is 0 Å². The van der Waals surface area contributed by atoms with Crippen LogP contribution in [-0.2, 0) is 0 Å². The quantitative estimate of drug-likeness (QED) is 0.551. The van der Waals surface area contributed by atoms with Crippen LogP contribution in [0.4, 0.5) is 0 Å². The van der Waals surface area contributed by atoms with Gasteiger partial charge in [-0.1, -0.05) is 20.3 Å². The van der Waals surface area contributed by atoms with Crippen LogP contribution >= 0.6 is 0 Å². The number of nitrogens with one attached hydrogen (secondary N) is 1. The first-order valence-electron chi connectivity index (χ1n) is 4.77. The van der Waals surface area contributed by atoms with E-state index in [4.69, 9.17) is 5.73 Å². The maximum Gasteiger partial charge on any atom is 0.00362 e. The zero-order valence-corrected chi connectivity index (χ0v) is 7.90. The fourth-order valence-electron chi connectivity index (χ4n) is 1.04. The topological polar surface area (TPSA) is 38.0 Å². The molecule has 0 saturated carbocycles. The molecular weight excluding hydrogens is 136 g/mol. The van der Waals surface area contributed by atoms with E-state index < -0.39 is 0 Å². The second-order valence-electron chi connectivity index (χ2n) is 3.02. The molecule has 1 atom stereocenters. The predicted molar refractivity (Wildman–Crippen MR) is 50.7 cm³/mol. The van der Waals surface area contributed by atoms with Crippen molar-refractivity contribution in [1.29, 1.82) is 0 Å². The zero-order valence-electron chi connectivity index (χ0n) is 7.90. The molecule has 0 radical (unpaired) electrons. The van der Waals surface area contributed by atoms with Crippen molar-refractivity contribution in [1.82, 2.24) is 5.32 Å². The van der Waals surface area contributed by atoms with Crippen molar-refractivity contribution in [2.24, 2.45) is 5.73 Å². The van der Waals surface area contributed by atoms with Crippen molar-refractivity contribution in [3.8, 4) is 0 Å². The number of hydrogen-bond donors (Lipinski definition) is 2. The molecule has 0 saturated heterocycles. The minimum Gasteiger partial charge on any atom is -0.328 e. The predicted octanol–water partition coefficient (Wildman–Crippen LogP) is 1.50. The monoisotopic (exact) mass is 158 g/mol. The van der Waals surface area contributed by atoms with Crippen molar-refractivity contribution >= 4 is 0 Å². The van der Waals surface area contributed by atoms with Gasteiger partial charge in [-0.2, -0.15) is 0 Å². The van der Waals surface area contributed by atoms with Gasteiger partial charge in [-0.25, -0.2) is 0 Å². The average Bonchev–Trinajstić information content (AvgIpc) is 2.04. The van der Waals surface area contributed by atoms with Gasteiger partial charge in [-0.3, -0.25) is 0 Å². The van der Waals surface area contributed by atoms with Crippen LogP contribution in [0.1, 0.15) is 39.5 Å². The van der Waals surface area contributed by atoms with E-state index in [0.717, 1.165) is 19.5 Å². The highest BCUT2D eigenvalue weighted by Gasteiger charge is 1.96. The van der Waals surface area contributed by atoms with E-state index >= 15 is 0 Å². The van der Waals surface area contributed by atoms with Gasteiger partial charge in [0.1, 0.15) is 0 Å². The molecule has 11 heavy (non-hydrogen) atoms. The molecule has 0 aliphatic heterocycles. The van der Waals surface area contributed by atoms with Crippen LogP contribution in [0.15, 0.2) is 0 Å². The van der Waals surface area contributed by atoms with E-state index in [1.807, 2.05) is 0 Å².